The highest BCUT2D eigenvalue weighted by molar-refractivity contribution is 6.33. The van der Waals surface area contributed by atoms with Crippen molar-refractivity contribution in [3.63, 3.8) is 0 Å². The highest BCUT2D eigenvalue weighted by Crippen LogP contribution is 2.29. The maximum Gasteiger partial charge on any atom is 0.0954 e. The summed E-state index contributed by atoms with van der Waals surface area (Å²) in [5.41, 5.74) is 2.14. The molecule has 1 fully saturated rings. The Labute approximate surface area is 99.1 Å². The van der Waals surface area contributed by atoms with Gasteiger partial charge in [-0.2, -0.15) is 0 Å². The van der Waals surface area contributed by atoms with Gasteiger partial charge in [0.05, 0.1) is 24.3 Å². The minimum Gasteiger partial charge on any atom is -0.325 e. The van der Waals surface area contributed by atoms with Crippen molar-refractivity contribution in [1.82, 2.24) is 14.9 Å². The van der Waals surface area contributed by atoms with Crippen LogP contribution in [0.2, 0.25) is 5.02 Å². The number of hydrogen-bond donors (Lipinski definition) is 1. The van der Waals surface area contributed by atoms with E-state index in [0.717, 1.165) is 29.4 Å². The standard InChI is InChI=1S/C12H12ClN3/c13-11-4-2-1-3-10(11)12-7-15-8-16(12)9-5-14-6-9/h1-4,7-9,14H,5-6H2. The van der Waals surface area contributed by atoms with E-state index in [0.29, 0.717) is 6.04 Å². The number of benzene rings is 1. The summed E-state index contributed by atoms with van der Waals surface area (Å²) in [6.07, 6.45) is 3.75. The van der Waals surface area contributed by atoms with Crippen LogP contribution in [0.4, 0.5) is 0 Å². The van der Waals surface area contributed by atoms with Crippen LogP contribution in [0.25, 0.3) is 11.3 Å². The van der Waals surface area contributed by atoms with Crippen LogP contribution in [0.3, 0.4) is 0 Å². The summed E-state index contributed by atoms with van der Waals surface area (Å²) in [5, 5.41) is 4.04. The smallest absolute Gasteiger partial charge is 0.0954 e. The van der Waals surface area contributed by atoms with E-state index in [1.807, 2.05) is 36.8 Å². The molecule has 2 aromatic rings. The zero-order chi connectivity index (χ0) is 11.0. The van der Waals surface area contributed by atoms with Crippen LogP contribution in [-0.2, 0) is 0 Å². The van der Waals surface area contributed by atoms with E-state index >= 15 is 0 Å². The van der Waals surface area contributed by atoms with Crippen molar-refractivity contribution < 1.29 is 0 Å². The summed E-state index contributed by atoms with van der Waals surface area (Å²) in [4.78, 5) is 4.22. The van der Waals surface area contributed by atoms with Gasteiger partial charge in [-0.15, -0.1) is 0 Å². The molecule has 0 unspecified atom stereocenters. The Hall–Kier alpha value is -1.32. The molecule has 4 heteroatoms. The molecule has 0 amide bonds. The van der Waals surface area contributed by atoms with Gasteiger partial charge in [0.25, 0.3) is 0 Å². The third-order valence-corrected chi connectivity index (χ3v) is 3.30. The first kappa shape index (κ1) is 9.87. The van der Waals surface area contributed by atoms with Gasteiger partial charge in [-0.1, -0.05) is 29.8 Å². The second-order valence-corrected chi connectivity index (χ2v) is 4.39. The summed E-state index contributed by atoms with van der Waals surface area (Å²) >= 11 is 6.20. The van der Waals surface area contributed by atoms with E-state index in [-0.39, 0.29) is 0 Å². The van der Waals surface area contributed by atoms with Gasteiger partial charge in [0, 0.05) is 23.7 Å². The van der Waals surface area contributed by atoms with Crippen LogP contribution in [0.1, 0.15) is 6.04 Å². The molecule has 3 rings (SSSR count). The first-order chi connectivity index (χ1) is 7.86. The Kier molecular flexibility index (Phi) is 2.42. The summed E-state index contributed by atoms with van der Waals surface area (Å²) in [6.45, 7) is 2.02. The molecule has 1 N–H and O–H groups in total. The average Bonchev–Trinajstić information content (AvgIpc) is 2.65. The fraction of sp³-hybridized carbons (Fsp3) is 0.250. The first-order valence-corrected chi connectivity index (χ1v) is 5.71. The van der Waals surface area contributed by atoms with Crippen molar-refractivity contribution in [3.8, 4) is 11.3 Å². The van der Waals surface area contributed by atoms with Crippen molar-refractivity contribution in [1.29, 1.82) is 0 Å². The maximum absolute atomic E-state index is 6.20. The minimum absolute atomic E-state index is 0.508. The normalized spacial score (nSPS) is 16.1. The van der Waals surface area contributed by atoms with Gasteiger partial charge in [0.2, 0.25) is 0 Å². The van der Waals surface area contributed by atoms with Crippen LogP contribution >= 0.6 is 11.6 Å². The molecular formula is C12H12ClN3. The Morgan fingerprint density at radius 2 is 2.12 bits per heavy atom. The molecule has 0 radical (unpaired) electrons. The minimum atomic E-state index is 0.508. The first-order valence-electron chi connectivity index (χ1n) is 5.34. The zero-order valence-electron chi connectivity index (χ0n) is 8.73. The molecule has 1 aliphatic rings. The number of hydrogen-bond acceptors (Lipinski definition) is 2. The fourth-order valence-electron chi connectivity index (χ4n) is 1.94. The maximum atomic E-state index is 6.20. The summed E-state index contributed by atoms with van der Waals surface area (Å²) in [7, 11) is 0. The van der Waals surface area contributed by atoms with Gasteiger partial charge < -0.3 is 9.88 Å². The lowest BCUT2D eigenvalue weighted by Gasteiger charge is -2.29. The number of aromatic nitrogens is 2. The topological polar surface area (TPSA) is 29.9 Å². The molecule has 2 heterocycles. The van der Waals surface area contributed by atoms with Crippen LogP contribution in [0.15, 0.2) is 36.8 Å². The predicted molar refractivity (Wildman–Crippen MR) is 64.6 cm³/mol. The quantitative estimate of drug-likeness (QED) is 0.863. The highest BCUT2D eigenvalue weighted by Gasteiger charge is 2.21. The van der Waals surface area contributed by atoms with E-state index in [2.05, 4.69) is 14.9 Å². The molecular weight excluding hydrogens is 222 g/mol. The molecule has 1 aromatic heterocycles. The van der Waals surface area contributed by atoms with E-state index in [1.165, 1.54) is 0 Å². The van der Waals surface area contributed by atoms with Crippen LogP contribution < -0.4 is 5.32 Å². The Morgan fingerprint density at radius 3 is 2.81 bits per heavy atom. The van der Waals surface area contributed by atoms with Gasteiger partial charge >= 0.3 is 0 Å². The SMILES string of the molecule is Clc1ccccc1-c1cncn1C1CNC1. The highest BCUT2D eigenvalue weighted by atomic mass is 35.5. The van der Waals surface area contributed by atoms with Crippen molar-refractivity contribution in [3.05, 3.63) is 41.8 Å². The average molecular weight is 234 g/mol. The van der Waals surface area contributed by atoms with Crippen LogP contribution in [-0.4, -0.2) is 22.6 Å². The Morgan fingerprint density at radius 1 is 1.31 bits per heavy atom. The lowest BCUT2D eigenvalue weighted by molar-refractivity contribution is 0.346. The molecule has 82 valence electrons. The van der Waals surface area contributed by atoms with Gasteiger partial charge in [0.1, 0.15) is 0 Å². The molecule has 16 heavy (non-hydrogen) atoms. The van der Waals surface area contributed by atoms with Gasteiger partial charge in [0.15, 0.2) is 0 Å². The van der Waals surface area contributed by atoms with Crippen LogP contribution in [0.5, 0.6) is 0 Å². The Bertz CT molecular complexity index is 502. The van der Waals surface area contributed by atoms with Crippen molar-refractivity contribution >= 4 is 11.6 Å². The monoisotopic (exact) mass is 233 g/mol. The number of nitrogens with one attached hydrogen (secondary N) is 1. The second-order valence-electron chi connectivity index (χ2n) is 3.98. The molecule has 0 spiro atoms. The van der Waals surface area contributed by atoms with E-state index < -0.39 is 0 Å². The molecule has 0 saturated carbocycles. The predicted octanol–water partition coefficient (Wildman–Crippen LogP) is 2.35. The molecule has 1 aliphatic heterocycles. The van der Waals surface area contributed by atoms with E-state index in [4.69, 9.17) is 11.6 Å². The fourth-order valence-corrected chi connectivity index (χ4v) is 2.18. The van der Waals surface area contributed by atoms with Crippen molar-refractivity contribution in [2.75, 3.05) is 13.1 Å². The van der Waals surface area contributed by atoms with Gasteiger partial charge in [-0.3, -0.25) is 0 Å². The molecule has 0 atom stereocenters. The Balaban J connectivity index is 2.06. The van der Waals surface area contributed by atoms with E-state index in [1.54, 1.807) is 0 Å². The third kappa shape index (κ3) is 1.52. The molecule has 1 aromatic carbocycles. The number of imidazole rings is 1. The molecule has 1 saturated heterocycles. The lowest BCUT2D eigenvalue weighted by Crippen LogP contribution is -2.43. The van der Waals surface area contributed by atoms with Gasteiger partial charge in [-0.25, -0.2) is 4.98 Å². The lowest BCUT2D eigenvalue weighted by atomic mass is 10.1. The number of halogens is 1. The van der Waals surface area contributed by atoms with Crippen molar-refractivity contribution in [2.45, 2.75) is 6.04 Å². The molecule has 0 bridgehead atoms. The summed E-state index contributed by atoms with van der Waals surface area (Å²) in [6, 6.07) is 8.39. The molecule has 3 nitrogen and oxygen atoms in total. The van der Waals surface area contributed by atoms with Gasteiger partial charge in [-0.05, 0) is 6.07 Å². The molecule has 0 aliphatic carbocycles. The summed E-state index contributed by atoms with van der Waals surface area (Å²) in [5.74, 6) is 0. The third-order valence-electron chi connectivity index (χ3n) is 2.97. The summed E-state index contributed by atoms with van der Waals surface area (Å²) < 4.78 is 2.19. The zero-order valence-corrected chi connectivity index (χ0v) is 9.48. The largest absolute Gasteiger partial charge is 0.325 e. The number of rotatable bonds is 2. The van der Waals surface area contributed by atoms with Crippen LogP contribution in [0, 0.1) is 0 Å². The number of nitrogens with zero attached hydrogens (tertiary/aromatic N) is 2. The van der Waals surface area contributed by atoms with Crippen molar-refractivity contribution in [2.24, 2.45) is 0 Å². The second kappa shape index (κ2) is 3.92. The van der Waals surface area contributed by atoms with E-state index in [9.17, 15) is 0 Å².